The summed E-state index contributed by atoms with van der Waals surface area (Å²) >= 11 is 0. The van der Waals surface area contributed by atoms with Crippen LogP contribution < -0.4 is 5.32 Å². The van der Waals surface area contributed by atoms with E-state index in [2.05, 4.69) is 11.9 Å². The molecule has 1 saturated heterocycles. The molecular formula is C22H29FN2O3. The molecular weight excluding hydrogens is 359 g/mol. The second-order valence-electron chi connectivity index (χ2n) is 7.89. The first kappa shape index (κ1) is 20.5. The molecule has 2 N–H and O–H groups in total. The van der Waals surface area contributed by atoms with E-state index in [1.807, 2.05) is 11.0 Å². The van der Waals surface area contributed by atoms with E-state index < -0.39 is 17.8 Å². The molecule has 6 heteroatoms. The first-order valence-corrected chi connectivity index (χ1v) is 10.1. The van der Waals surface area contributed by atoms with Crippen LogP contribution in [0.25, 0.3) is 0 Å². The Morgan fingerprint density at radius 3 is 2.68 bits per heavy atom. The van der Waals surface area contributed by atoms with Gasteiger partial charge in [-0.3, -0.25) is 9.59 Å². The van der Waals surface area contributed by atoms with Crippen LogP contribution in [0, 0.1) is 11.2 Å². The molecule has 2 aliphatic rings. The maximum atomic E-state index is 13.8. The maximum Gasteiger partial charge on any atom is 0.251 e. The number of nitrogens with one attached hydrogen (secondary N) is 1. The lowest BCUT2D eigenvalue weighted by atomic mass is 9.73. The predicted octanol–water partition coefficient (Wildman–Crippen LogP) is 3.18. The van der Waals surface area contributed by atoms with Crippen molar-refractivity contribution in [1.29, 1.82) is 0 Å². The molecule has 2 amide bonds. The number of carbonyl (C=O) groups excluding carboxylic acids is 2. The minimum atomic E-state index is -0.599. The highest BCUT2D eigenvalue weighted by Crippen LogP contribution is 2.40. The molecule has 3 rings (SSSR count). The van der Waals surface area contributed by atoms with Gasteiger partial charge in [-0.15, -0.1) is 6.58 Å². The van der Waals surface area contributed by atoms with Crippen LogP contribution in [-0.2, 0) is 11.4 Å². The highest BCUT2D eigenvalue weighted by molar-refractivity contribution is 5.94. The standard InChI is InChI=1S/C22H29FN2O3/c1-2-22(10-4-3-5-11-22)21(28)25-12-6-7-18(25)14-24-20(27)16-8-9-17(15-26)19(23)13-16/h2,8-9,13,18,26H,1,3-7,10-12,14-15H2,(H,24,27). The smallest absolute Gasteiger partial charge is 0.251 e. The van der Waals surface area contributed by atoms with E-state index in [0.717, 1.165) is 51.0 Å². The van der Waals surface area contributed by atoms with Gasteiger partial charge in [0.1, 0.15) is 5.82 Å². The van der Waals surface area contributed by atoms with Crippen molar-refractivity contribution < 1.29 is 19.1 Å². The monoisotopic (exact) mass is 388 g/mol. The molecule has 1 unspecified atom stereocenters. The summed E-state index contributed by atoms with van der Waals surface area (Å²) in [6.45, 7) is 4.59. The molecule has 28 heavy (non-hydrogen) atoms. The molecule has 2 fully saturated rings. The minimum Gasteiger partial charge on any atom is -0.392 e. The topological polar surface area (TPSA) is 69.6 Å². The molecule has 0 aromatic heterocycles. The van der Waals surface area contributed by atoms with Crippen molar-refractivity contribution in [2.75, 3.05) is 13.1 Å². The fourth-order valence-corrected chi connectivity index (χ4v) is 4.42. The Balaban J connectivity index is 1.63. The van der Waals surface area contributed by atoms with Crippen LogP contribution in [0.5, 0.6) is 0 Å². The first-order chi connectivity index (χ1) is 13.5. The number of nitrogens with zero attached hydrogens (tertiary/aromatic N) is 1. The van der Waals surface area contributed by atoms with Crippen LogP contribution in [0.2, 0.25) is 0 Å². The third-order valence-corrected chi connectivity index (χ3v) is 6.18. The van der Waals surface area contributed by atoms with E-state index in [0.29, 0.717) is 13.1 Å². The number of benzene rings is 1. The fourth-order valence-electron chi connectivity index (χ4n) is 4.42. The average molecular weight is 388 g/mol. The average Bonchev–Trinajstić information content (AvgIpc) is 3.20. The van der Waals surface area contributed by atoms with Gasteiger partial charge in [0.15, 0.2) is 0 Å². The Morgan fingerprint density at radius 1 is 1.29 bits per heavy atom. The maximum absolute atomic E-state index is 13.8. The van der Waals surface area contributed by atoms with Crippen molar-refractivity contribution in [1.82, 2.24) is 10.2 Å². The Labute approximate surface area is 165 Å². The molecule has 152 valence electrons. The Hall–Kier alpha value is -2.21. The van der Waals surface area contributed by atoms with E-state index in [1.54, 1.807) is 0 Å². The number of aliphatic hydroxyl groups excluding tert-OH is 1. The summed E-state index contributed by atoms with van der Waals surface area (Å²) in [5.41, 5.74) is -0.0968. The Morgan fingerprint density at radius 2 is 2.04 bits per heavy atom. The van der Waals surface area contributed by atoms with Gasteiger partial charge in [-0.05, 0) is 37.8 Å². The van der Waals surface area contributed by atoms with Gasteiger partial charge in [0.05, 0.1) is 12.0 Å². The molecule has 5 nitrogen and oxygen atoms in total. The third kappa shape index (κ3) is 4.12. The normalized spacial score (nSPS) is 21.4. The number of halogens is 1. The van der Waals surface area contributed by atoms with Crippen molar-refractivity contribution in [2.24, 2.45) is 5.41 Å². The number of hydrogen-bond donors (Lipinski definition) is 2. The lowest BCUT2D eigenvalue weighted by molar-refractivity contribution is -0.141. The summed E-state index contributed by atoms with van der Waals surface area (Å²) in [6.07, 6.45) is 8.53. The summed E-state index contributed by atoms with van der Waals surface area (Å²) in [4.78, 5) is 27.6. The van der Waals surface area contributed by atoms with Crippen molar-refractivity contribution in [2.45, 2.75) is 57.6 Å². The Bertz CT molecular complexity index is 743. The summed E-state index contributed by atoms with van der Waals surface area (Å²) < 4.78 is 13.8. The van der Waals surface area contributed by atoms with Gasteiger partial charge in [-0.1, -0.05) is 31.4 Å². The van der Waals surface area contributed by atoms with Crippen LogP contribution in [-0.4, -0.2) is 41.0 Å². The largest absolute Gasteiger partial charge is 0.392 e. The van der Waals surface area contributed by atoms with Crippen molar-refractivity contribution >= 4 is 11.8 Å². The second-order valence-corrected chi connectivity index (χ2v) is 7.89. The summed E-state index contributed by atoms with van der Waals surface area (Å²) in [7, 11) is 0. The predicted molar refractivity (Wildman–Crippen MR) is 105 cm³/mol. The molecule has 1 heterocycles. The molecule has 1 saturated carbocycles. The van der Waals surface area contributed by atoms with Crippen molar-refractivity contribution in [3.05, 3.63) is 47.8 Å². The van der Waals surface area contributed by atoms with E-state index in [4.69, 9.17) is 5.11 Å². The quantitative estimate of drug-likeness (QED) is 0.736. The zero-order chi connectivity index (χ0) is 20.1. The van der Waals surface area contributed by atoms with Crippen LogP contribution in [0.15, 0.2) is 30.9 Å². The summed E-state index contributed by atoms with van der Waals surface area (Å²) in [5, 5.41) is 11.9. The van der Waals surface area contributed by atoms with Crippen molar-refractivity contribution in [3.63, 3.8) is 0 Å². The number of likely N-dealkylation sites (tertiary alicyclic amines) is 1. The summed E-state index contributed by atoms with van der Waals surface area (Å²) in [6, 6.07) is 3.99. The number of aliphatic hydroxyl groups is 1. The van der Waals surface area contributed by atoms with Crippen LogP contribution in [0.3, 0.4) is 0 Å². The van der Waals surface area contributed by atoms with Crippen LogP contribution >= 0.6 is 0 Å². The molecule has 0 spiro atoms. The van der Waals surface area contributed by atoms with Crippen LogP contribution in [0.1, 0.15) is 60.9 Å². The number of hydrogen-bond acceptors (Lipinski definition) is 3. The molecule has 0 radical (unpaired) electrons. The van der Waals surface area contributed by atoms with Gasteiger partial charge in [0, 0.05) is 30.3 Å². The molecule has 1 aromatic rings. The minimum absolute atomic E-state index is 0.0447. The van der Waals surface area contributed by atoms with E-state index in [-0.39, 0.29) is 29.0 Å². The van der Waals surface area contributed by atoms with Gasteiger partial charge >= 0.3 is 0 Å². The lowest BCUT2D eigenvalue weighted by Crippen LogP contribution is -2.49. The van der Waals surface area contributed by atoms with E-state index in [9.17, 15) is 14.0 Å². The SMILES string of the molecule is C=CC1(C(=O)N2CCCC2CNC(=O)c2ccc(CO)c(F)c2)CCCCC1. The van der Waals surface area contributed by atoms with Crippen LogP contribution in [0.4, 0.5) is 4.39 Å². The number of rotatable bonds is 6. The van der Waals surface area contributed by atoms with Gasteiger partial charge < -0.3 is 15.3 Å². The van der Waals surface area contributed by atoms with Gasteiger partial charge in [0.2, 0.25) is 5.91 Å². The molecule has 1 aromatic carbocycles. The summed E-state index contributed by atoms with van der Waals surface area (Å²) in [5.74, 6) is -0.839. The van der Waals surface area contributed by atoms with E-state index in [1.165, 1.54) is 12.1 Å². The molecule has 0 bridgehead atoms. The molecule has 1 aliphatic heterocycles. The zero-order valence-corrected chi connectivity index (χ0v) is 16.3. The Kier molecular flexibility index (Phi) is 6.50. The third-order valence-electron chi connectivity index (χ3n) is 6.18. The molecule has 1 atom stereocenters. The van der Waals surface area contributed by atoms with Gasteiger partial charge in [0.25, 0.3) is 5.91 Å². The lowest BCUT2D eigenvalue weighted by Gasteiger charge is -2.38. The molecule has 1 aliphatic carbocycles. The van der Waals surface area contributed by atoms with Gasteiger partial charge in [-0.2, -0.15) is 0 Å². The second kappa shape index (κ2) is 8.86. The zero-order valence-electron chi connectivity index (χ0n) is 16.3. The first-order valence-electron chi connectivity index (χ1n) is 10.1. The number of carbonyl (C=O) groups is 2. The van der Waals surface area contributed by atoms with Gasteiger partial charge in [-0.25, -0.2) is 4.39 Å². The van der Waals surface area contributed by atoms with E-state index >= 15 is 0 Å². The van der Waals surface area contributed by atoms with Crippen molar-refractivity contribution in [3.8, 4) is 0 Å². The highest BCUT2D eigenvalue weighted by Gasteiger charge is 2.42. The highest BCUT2D eigenvalue weighted by atomic mass is 19.1. The fraction of sp³-hybridized carbons (Fsp3) is 0.545. The number of amides is 2.